The molecule has 3 fully saturated rings. The third-order valence-electron chi connectivity index (χ3n) is 17.1. The maximum atomic E-state index is 14.7. The van der Waals surface area contributed by atoms with Crippen LogP contribution in [0.1, 0.15) is 106 Å². The van der Waals surface area contributed by atoms with Crippen LogP contribution >= 0.6 is 0 Å². The highest BCUT2D eigenvalue weighted by atomic mass is 32.2. The number of aliphatic imine (C=N–C) groups is 1. The summed E-state index contributed by atoms with van der Waals surface area (Å²) in [6.45, 7) is 31.1. The molecule has 4 atom stereocenters. The van der Waals surface area contributed by atoms with Gasteiger partial charge in [-0.05, 0) is 123 Å². The first-order valence-corrected chi connectivity index (χ1v) is 31.9. The highest BCUT2D eigenvalue weighted by Crippen LogP contribution is 2.41. The van der Waals surface area contributed by atoms with Gasteiger partial charge in [-0.3, -0.25) is 24.5 Å². The van der Waals surface area contributed by atoms with Gasteiger partial charge in [0, 0.05) is 112 Å². The van der Waals surface area contributed by atoms with Crippen molar-refractivity contribution in [3.8, 4) is 11.5 Å². The van der Waals surface area contributed by atoms with Crippen LogP contribution in [0.3, 0.4) is 0 Å². The van der Waals surface area contributed by atoms with Gasteiger partial charge in [-0.1, -0.05) is 26.0 Å². The molecule has 468 valence electrons. The Kier molecular flexibility index (Phi) is 18.6. The van der Waals surface area contributed by atoms with Crippen molar-refractivity contribution in [2.75, 3.05) is 108 Å². The molecule has 0 aliphatic carbocycles. The van der Waals surface area contributed by atoms with Crippen molar-refractivity contribution in [3.63, 3.8) is 0 Å². The zero-order chi connectivity index (χ0) is 62.2. The summed E-state index contributed by atoms with van der Waals surface area (Å²) in [6.07, 6.45) is 7.31. The number of benzene rings is 2. The van der Waals surface area contributed by atoms with Crippen LogP contribution in [0.4, 0.5) is 26.6 Å². The maximum absolute atomic E-state index is 14.7. The van der Waals surface area contributed by atoms with Crippen LogP contribution < -0.4 is 24.6 Å². The minimum Gasteiger partial charge on any atom is -0.492 e. The van der Waals surface area contributed by atoms with Crippen molar-refractivity contribution >= 4 is 55.9 Å². The summed E-state index contributed by atoms with van der Waals surface area (Å²) in [4.78, 5) is 69.4. The fourth-order valence-electron chi connectivity index (χ4n) is 11.9. The Morgan fingerprint density at radius 1 is 0.862 bits per heavy atom. The number of aromatic nitrogens is 5. The average molecular weight is 1220 g/mol. The molecule has 2 aromatic carbocycles. The lowest BCUT2D eigenvalue weighted by molar-refractivity contribution is -0.122. The number of carbonyl (C=O) groups is 2. The van der Waals surface area contributed by atoms with Gasteiger partial charge >= 0.3 is 6.09 Å². The van der Waals surface area contributed by atoms with Crippen molar-refractivity contribution in [1.29, 1.82) is 0 Å². The number of anilines is 2. The first-order valence-electron chi connectivity index (χ1n) is 30.4. The lowest BCUT2D eigenvalue weighted by Crippen LogP contribution is -2.65. The fraction of sp³-hybridized carbons (Fsp3) is 0.562. The van der Waals surface area contributed by atoms with Crippen LogP contribution in [0.5, 0.6) is 11.5 Å². The minimum atomic E-state index is -3.82. The number of nitrogens with one attached hydrogen (secondary N) is 1. The van der Waals surface area contributed by atoms with Gasteiger partial charge < -0.3 is 39.0 Å². The number of amides is 2. The molecule has 0 spiro atoms. The van der Waals surface area contributed by atoms with Gasteiger partial charge in [0.1, 0.15) is 41.1 Å². The number of allylic oxidation sites excluding steroid dienone is 1. The summed E-state index contributed by atoms with van der Waals surface area (Å²) in [7, 11) is -3.82. The normalized spacial score (nSPS) is 22.0. The SMILES string of the molecule is CC1=C(C)C(=Nc2ncnc3cc(OCCCN4CCN(c5ncc(OC[C@H]6CN(C[C@H]7CN(C(=O)OC(C)(C)C)[C@H](C)CN7CC(=O)N7CC(C)(C)c8ncc(Cc9ccc(F)cc9)cc87)[C@H](C)CO6)cn5)CC4)c(S(=O)(=O)C(C)(C)C)cc23)CN1. The Balaban J connectivity index is 0.725. The van der Waals surface area contributed by atoms with Crippen LogP contribution in [0.25, 0.3) is 10.9 Å². The van der Waals surface area contributed by atoms with Gasteiger partial charge in [0.2, 0.25) is 11.9 Å². The van der Waals surface area contributed by atoms with E-state index in [9.17, 15) is 22.4 Å². The highest BCUT2D eigenvalue weighted by molar-refractivity contribution is 7.92. The van der Waals surface area contributed by atoms with Gasteiger partial charge in [0.15, 0.2) is 21.4 Å². The van der Waals surface area contributed by atoms with Crippen LogP contribution in [0.2, 0.25) is 0 Å². The number of halogens is 1. The predicted molar refractivity (Wildman–Crippen MR) is 334 cm³/mol. The number of pyridine rings is 1. The predicted octanol–water partition coefficient (Wildman–Crippen LogP) is 7.78. The number of carbonyl (C=O) groups excluding carboxylic acids is 2. The number of rotatable bonds is 17. The number of hydrogen-bond donors (Lipinski definition) is 1. The van der Waals surface area contributed by atoms with E-state index in [2.05, 4.69) is 61.7 Å². The third kappa shape index (κ3) is 14.7. The van der Waals surface area contributed by atoms with E-state index >= 15 is 0 Å². The Morgan fingerprint density at radius 2 is 1.60 bits per heavy atom. The van der Waals surface area contributed by atoms with E-state index in [1.54, 1.807) is 62.3 Å². The molecule has 5 aromatic rings. The lowest BCUT2D eigenvalue weighted by Gasteiger charge is -2.48. The number of piperazine rings is 2. The van der Waals surface area contributed by atoms with Gasteiger partial charge in [-0.25, -0.2) is 42.5 Å². The molecule has 0 bridgehead atoms. The van der Waals surface area contributed by atoms with Crippen LogP contribution in [0.15, 0.2) is 88.5 Å². The second kappa shape index (κ2) is 25.7. The van der Waals surface area contributed by atoms with E-state index in [4.69, 9.17) is 38.9 Å². The zero-order valence-electron chi connectivity index (χ0n) is 52.6. The molecule has 5 aliphatic heterocycles. The third-order valence-corrected chi connectivity index (χ3v) is 19.7. The van der Waals surface area contributed by atoms with E-state index in [1.165, 1.54) is 18.5 Å². The summed E-state index contributed by atoms with van der Waals surface area (Å²) in [5.74, 6) is 1.51. The van der Waals surface area contributed by atoms with Crippen molar-refractivity contribution in [2.24, 2.45) is 4.99 Å². The Labute approximate surface area is 511 Å². The van der Waals surface area contributed by atoms with Crippen molar-refractivity contribution in [2.45, 2.75) is 141 Å². The molecule has 0 saturated carbocycles. The monoisotopic (exact) mass is 1220 g/mol. The number of morpholine rings is 1. The molecule has 5 aliphatic rings. The van der Waals surface area contributed by atoms with Crippen molar-refractivity contribution < 1.29 is 41.3 Å². The molecule has 8 heterocycles. The molecule has 23 heteroatoms. The maximum Gasteiger partial charge on any atom is 0.410 e. The second-order valence-electron chi connectivity index (χ2n) is 26.6. The molecule has 0 unspecified atom stereocenters. The van der Waals surface area contributed by atoms with Crippen LogP contribution in [0, 0.1) is 5.82 Å². The Hall–Kier alpha value is -6.92. The summed E-state index contributed by atoms with van der Waals surface area (Å²) >= 11 is 0. The largest absolute Gasteiger partial charge is 0.492 e. The fourth-order valence-corrected chi connectivity index (χ4v) is 13.2. The Morgan fingerprint density at radius 3 is 2.29 bits per heavy atom. The minimum absolute atomic E-state index is 0.0367. The van der Waals surface area contributed by atoms with E-state index < -0.39 is 20.2 Å². The van der Waals surface area contributed by atoms with Crippen LogP contribution in [-0.4, -0.2) is 204 Å². The average Bonchev–Trinajstić information content (AvgIpc) is 1.81. The summed E-state index contributed by atoms with van der Waals surface area (Å²) in [5.41, 5.74) is 6.00. The number of ether oxygens (including phenoxy) is 4. The smallest absolute Gasteiger partial charge is 0.410 e. The van der Waals surface area contributed by atoms with E-state index in [0.29, 0.717) is 93.7 Å². The molecular formula is C64H86FN13O8S. The van der Waals surface area contributed by atoms with Crippen LogP contribution in [-0.2, 0) is 35.9 Å². The second-order valence-corrected chi connectivity index (χ2v) is 29.2. The molecule has 21 nitrogen and oxygen atoms in total. The van der Waals surface area contributed by atoms with E-state index in [0.717, 1.165) is 72.2 Å². The number of fused-ring (bicyclic) bond motifs is 2. The lowest BCUT2D eigenvalue weighted by atomic mass is 9.91. The molecule has 3 aromatic heterocycles. The summed E-state index contributed by atoms with van der Waals surface area (Å²) in [6, 6.07) is 11.5. The number of nitrogens with zero attached hydrogens (tertiary/aromatic N) is 12. The molecule has 0 radical (unpaired) electrons. The molecule has 2 amide bonds. The van der Waals surface area contributed by atoms with Crippen molar-refractivity contribution in [3.05, 3.63) is 101 Å². The topological polar surface area (TPSA) is 213 Å². The number of sulfone groups is 1. The molecule has 3 saturated heterocycles. The van der Waals surface area contributed by atoms with Gasteiger partial charge in [0.05, 0.1) is 66.1 Å². The zero-order valence-corrected chi connectivity index (χ0v) is 53.4. The standard InChI is InChI=1S/C64H86FN13O8S/c1-41-32-76(36-57(79)78-39-64(11,12)58-54(78)25-46(28-67-58)24-45-14-16-47(65)17-15-45)48(34-77(41)61(80)86-62(5,6)7)33-75-35-50(84-37-42(75)2)38-85-49-29-68-60(69-30-49)74-21-19-73(20-22-74)18-13-23-83-55-27-52-51(26-56(55)87(81,82)63(8,9)10)59(71-40-70-52)72-53-31-66-44(4)43(53)3/h14-17,25-30,40-42,48,50,66H,13,18-24,31-39H2,1-12H3/t41-,42-,48+,50-/m1/s1. The molecule has 10 rings (SSSR count). The summed E-state index contributed by atoms with van der Waals surface area (Å²) in [5, 5.41) is 3.85. The molecule has 87 heavy (non-hydrogen) atoms. The first-order chi connectivity index (χ1) is 41.2. The highest BCUT2D eigenvalue weighted by Gasteiger charge is 2.44. The molecular weight excluding hydrogens is 1130 g/mol. The van der Waals surface area contributed by atoms with E-state index in [1.807, 2.05) is 52.6 Å². The van der Waals surface area contributed by atoms with E-state index in [-0.39, 0.29) is 71.3 Å². The first kappa shape index (κ1) is 63.1. The quantitative estimate of drug-likeness (QED) is 0.0880. The van der Waals surface area contributed by atoms with Gasteiger partial charge in [0.25, 0.3) is 0 Å². The van der Waals surface area contributed by atoms with Gasteiger partial charge in [-0.15, -0.1) is 0 Å². The molecule has 1 N–H and O–H groups in total. The van der Waals surface area contributed by atoms with Crippen molar-refractivity contribution in [1.82, 2.24) is 49.8 Å². The summed E-state index contributed by atoms with van der Waals surface area (Å²) < 4.78 is 65.6. The Bertz CT molecular complexity index is 3490. The van der Waals surface area contributed by atoms with Gasteiger partial charge in [-0.2, -0.15) is 0 Å². The number of hydrogen-bond acceptors (Lipinski definition) is 19.